The van der Waals surface area contributed by atoms with E-state index in [9.17, 15) is 18.4 Å². The van der Waals surface area contributed by atoms with Gasteiger partial charge in [0, 0.05) is 11.3 Å². The van der Waals surface area contributed by atoms with Gasteiger partial charge in [-0.3, -0.25) is 4.79 Å². The molecule has 0 aliphatic heterocycles. The zero-order valence-electron chi connectivity index (χ0n) is 11.1. The molecule has 2 aromatic rings. The molecule has 0 aliphatic rings. The van der Waals surface area contributed by atoms with Crippen LogP contribution in [-0.4, -0.2) is 11.8 Å². The number of nitrogens with one attached hydrogen (secondary N) is 2. The molecule has 2 rings (SSSR count). The average molecular weight is 290 g/mol. The summed E-state index contributed by atoms with van der Waals surface area (Å²) >= 11 is 0. The van der Waals surface area contributed by atoms with Crippen molar-refractivity contribution in [1.29, 1.82) is 0 Å². The zero-order valence-corrected chi connectivity index (χ0v) is 11.1. The Labute approximate surface area is 119 Å². The van der Waals surface area contributed by atoms with E-state index in [4.69, 9.17) is 0 Å². The summed E-state index contributed by atoms with van der Waals surface area (Å²) in [5, 5.41) is 4.51. The first-order chi connectivity index (χ1) is 9.97. The van der Waals surface area contributed by atoms with Crippen LogP contribution in [0.15, 0.2) is 42.5 Å². The van der Waals surface area contributed by atoms with Gasteiger partial charge in [0.2, 0.25) is 0 Å². The van der Waals surface area contributed by atoms with Crippen molar-refractivity contribution in [2.75, 3.05) is 10.6 Å². The summed E-state index contributed by atoms with van der Waals surface area (Å²) in [6, 6.07) is 8.63. The third-order valence-electron chi connectivity index (χ3n) is 2.75. The summed E-state index contributed by atoms with van der Waals surface area (Å²) in [7, 11) is 0. The number of anilines is 2. The number of halogens is 2. The molecule has 108 valence electrons. The Balaban J connectivity index is 2.06. The molecular formula is C15H12F2N2O2. The van der Waals surface area contributed by atoms with Crippen molar-refractivity contribution in [3.05, 3.63) is 59.7 Å². The van der Waals surface area contributed by atoms with Crippen molar-refractivity contribution in [1.82, 2.24) is 0 Å². The zero-order chi connectivity index (χ0) is 15.4. The minimum Gasteiger partial charge on any atom is -0.308 e. The summed E-state index contributed by atoms with van der Waals surface area (Å²) in [6.07, 6.45) is 0. The molecule has 0 bridgehead atoms. The van der Waals surface area contributed by atoms with Gasteiger partial charge in [-0.15, -0.1) is 0 Å². The van der Waals surface area contributed by atoms with Crippen LogP contribution < -0.4 is 10.6 Å². The second kappa shape index (κ2) is 6.13. The van der Waals surface area contributed by atoms with Crippen LogP contribution in [-0.2, 0) is 0 Å². The number of ketones is 1. The van der Waals surface area contributed by atoms with Crippen molar-refractivity contribution in [3.63, 3.8) is 0 Å². The van der Waals surface area contributed by atoms with E-state index in [2.05, 4.69) is 10.6 Å². The first-order valence-electron chi connectivity index (χ1n) is 6.10. The Morgan fingerprint density at radius 3 is 2.00 bits per heavy atom. The van der Waals surface area contributed by atoms with Crippen molar-refractivity contribution < 1.29 is 18.4 Å². The molecule has 0 fully saturated rings. The molecule has 0 aromatic heterocycles. The summed E-state index contributed by atoms with van der Waals surface area (Å²) in [5.41, 5.74) is 0.380. The van der Waals surface area contributed by atoms with Crippen LogP contribution in [0.1, 0.15) is 17.3 Å². The van der Waals surface area contributed by atoms with E-state index in [0.29, 0.717) is 11.3 Å². The monoisotopic (exact) mass is 290 g/mol. The molecular weight excluding hydrogens is 278 g/mol. The number of para-hydroxylation sites is 1. The minimum absolute atomic E-state index is 0.0978. The van der Waals surface area contributed by atoms with E-state index in [1.54, 1.807) is 12.1 Å². The van der Waals surface area contributed by atoms with E-state index in [-0.39, 0.29) is 5.78 Å². The Morgan fingerprint density at radius 2 is 1.48 bits per heavy atom. The van der Waals surface area contributed by atoms with Gasteiger partial charge in [0.25, 0.3) is 0 Å². The van der Waals surface area contributed by atoms with Crippen molar-refractivity contribution in [2.24, 2.45) is 0 Å². The van der Waals surface area contributed by atoms with Crippen molar-refractivity contribution >= 4 is 23.2 Å². The maximum absolute atomic E-state index is 13.4. The number of carbonyl (C=O) groups is 2. The number of rotatable bonds is 3. The highest BCUT2D eigenvalue weighted by Gasteiger charge is 2.11. The third-order valence-corrected chi connectivity index (χ3v) is 2.75. The highest BCUT2D eigenvalue weighted by Crippen LogP contribution is 2.18. The molecule has 0 atom stereocenters. The van der Waals surface area contributed by atoms with Gasteiger partial charge >= 0.3 is 6.03 Å². The van der Waals surface area contributed by atoms with Crippen LogP contribution in [0.25, 0.3) is 0 Å². The van der Waals surface area contributed by atoms with Crippen LogP contribution >= 0.6 is 0 Å². The molecule has 6 heteroatoms. The lowest BCUT2D eigenvalue weighted by molar-refractivity contribution is 0.101. The van der Waals surface area contributed by atoms with Crippen molar-refractivity contribution in [2.45, 2.75) is 6.92 Å². The summed E-state index contributed by atoms with van der Waals surface area (Å²) in [6.45, 7) is 1.43. The van der Waals surface area contributed by atoms with E-state index in [1.807, 2.05) is 0 Å². The molecule has 0 saturated heterocycles. The third kappa shape index (κ3) is 3.62. The Morgan fingerprint density at radius 1 is 0.905 bits per heavy atom. The molecule has 2 amide bonds. The summed E-state index contributed by atoms with van der Waals surface area (Å²) in [5.74, 6) is -1.83. The van der Waals surface area contributed by atoms with Crippen molar-refractivity contribution in [3.8, 4) is 0 Å². The van der Waals surface area contributed by atoms with Gasteiger partial charge in [-0.2, -0.15) is 0 Å². The fourth-order valence-corrected chi connectivity index (χ4v) is 1.68. The van der Waals surface area contributed by atoms with Crippen LogP contribution in [0.5, 0.6) is 0 Å². The first-order valence-corrected chi connectivity index (χ1v) is 6.10. The molecule has 2 N–H and O–H groups in total. The molecule has 21 heavy (non-hydrogen) atoms. The van der Waals surface area contributed by atoms with E-state index >= 15 is 0 Å². The molecule has 0 heterocycles. The van der Waals surface area contributed by atoms with Gasteiger partial charge < -0.3 is 10.6 Å². The molecule has 0 aliphatic carbocycles. The number of hydrogen-bond donors (Lipinski definition) is 2. The van der Waals surface area contributed by atoms with Crippen LogP contribution in [0.4, 0.5) is 25.0 Å². The highest BCUT2D eigenvalue weighted by atomic mass is 19.1. The second-order valence-electron chi connectivity index (χ2n) is 4.31. The Kier molecular flexibility index (Phi) is 4.27. The standard InChI is InChI=1S/C15H12F2N2O2/c1-9(20)10-5-7-11(8-6-10)18-15(21)19-14-12(16)3-2-4-13(14)17/h2-8H,1H3,(H2,18,19,21). The maximum atomic E-state index is 13.4. The number of amides is 2. The fraction of sp³-hybridized carbons (Fsp3) is 0.0667. The lowest BCUT2D eigenvalue weighted by Crippen LogP contribution is -2.21. The minimum atomic E-state index is -0.864. The summed E-state index contributed by atoms with van der Waals surface area (Å²) in [4.78, 5) is 22.8. The van der Waals surface area contributed by atoms with Crippen LogP contribution in [0.2, 0.25) is 0 Å². The van der Waals surface area contributed by atoms with Gasteiger partial charge in [0.05, 0.1) is 0 Å². The Bertz CT molecular complexity index is 664. The largest absolute Gasteiger partial charge is 0.323 e. The lowest BCUT2D eigenvalue weighted by Gasteiger charge is -2.09. The normalized spacial score (nSPS) is 10.0. The van der Waals surface area contributed by atoms with Gasteiger partial charge in [0.15, 0.2) is 5.78 Å². The summed E-state index contributed by atoms with van der Waals surface area (Å²) < 4.78 is 26.7. The number of Topliss-reactive ketones (excluding diaryl/α,β-unsaturated/α-hetero) is 1. The fourth-order valence-electron chi connectivity index (χ4n) is 1.68. The topological polar surface area (TPSA) is 58.2 Å². The number of urea groups is 1. The lowest BCUT2D eigenvalue weighted by atomic mass is 10.1. The maximum Gasteiger partial charge on any atom is 0.323 e. The van der Waals surface area contributed by atoms with E-state index in [0.717, 1.165) is 12.1 Å². The highest BCUT2D eigenvalue weighted by molar-refractivity contribution is 6.00. The van der Waals surface area contributed by atoms with Gasteiger partial charge in [-0.1, -0.05) is 6.07 Å². The predicted molar refractivity (Wildman–Crippen MR) is 75.4 cm³/mol. The molecule has 0 unspecified atom stereocenters. The SMILES string of the molecule is CC(=O)c1ccc(NC(=O)Nc2c(F)cccc2F)cc1. The smallest absolute Gasteiger partial charge is 0.308 e. The number of benzene rings is 2. The van der Waals surface area contributed by atoms with Gasteiger partial charge in [0.1, 0.15) is 17.3 Å². The predicted octanol–water partition coefficient (Wildman–Crippen LogP) is 3.81. The molecule has 4 nitrogen and oxygen atoms in total. The molecule has 0 radical (unpaired) electrons. The number of hydrogen-bond acceptors (Lipinski definition) is 2. The second-order valence-corrected chi connectivity index (χ2v) is 4.31. The number of carbonyl (C=O) groups excluding carboxylic acids is 2. The molecule has 2 aromatic carbocycles. The first kappa shape index (κ1) is 14.6. The van der Waals surface area contributed by atoms with E-state index < -0.39 is 23.4 Å². The molecule has 0 spiro atoms. The van der Waals surface area contributed by atoms with Gasteiger partial charge in [-0.25, -0.2) is 13.6 Å². The average Bonchev–Trinajstić information content (AvgIpc) is 2.43. The Hall–Kier alpha value is -2.76. The molecule has 0 saturated carbocycles. The van der Waals surface area contributed by atoms with E-state index in [1.165, 1.54) is 25.1 Å². The van der Waals surface area contributed by atoms with Crippen LogP contribution in [0.3, 0.4) is 0 Å². The van der Waals surface area contributed by atoms with Crippen LogP contribution in [0, 0.1) is 11.6 Å². The van der Waals surface area contributed by atoms with Gasteiger partial charge in [-0.05, 0) is 43.3 Å². The quantitative estimate of drug-likeness (QED) is 0.844.